The lowest BCUT2D eigenvalue weighted by atomic mass is 10.1. The van der Waals surface area contributed by atoms with E-state index in [0.29, 0.717) is 6.04 Å². The molecule has 0 radical (unpaired) electrons. The minimum Gasteiger partial charge on any atom is -0.311 e. The topological polar surface area (TPSA) is 15.3 Å². The molecule has 1 aliphatic rings. The van der Waals surface area contributed by atoms with E-state index in [4.69, 9.17) is 0 Å². The van der Waals surface area contributed by atoms with Crippen LogP contribution in [0.4, 0.5) is 0 Å². The van der Waals surface area contributed by atoms with Crippen molar-refractivity contribution in [2.75, 3.05) is 19.6 Å². The maximum Gasteiger partial charge on any atom is 0.0206 e. The minimum atomic E-state index is 0.662. The molecule has 1 unspecified atom stereocenters. The van der Waals surface area contributed by atoms with Crippen LogP contribution in [0, 0.1) is 6.92 Å². The van der Waals surface area contributed by atoms with Crippen LogP contribution in [0.15, 0.2) is 24.3 Å². The van der Waals surface area contributed by atoms with Crippen molar-refractivity contribution in [3.05, 3.63) is 35.4 Å². The Morgan fingerprint density at radius 3 is 2.72 bits per heavy atom. The number of piperidine rings is 1. The highest BCUT2D eigenvalue weighted by atomic mass is 15.2. The molecule has 0 bridgehead atoms. The molecule has 1 saturated heterocycles. The predicted octanol–water partition coefficient (Wildman–Crippen LogP) is 2.96. The van der Waals surface area contributed by atoms with Gasteiger partial charge in [0.1, 0.15) is 0 Å². The van der Waals surface area contributed by atoms with Crippen LogP contribution >= 0.6 is 0 Å². The smallest absolute Gasteiger partial charge is 0.0206 e. The monoisotopic (exact) mass is 246 g/mol. The number of aryl methyl sites for hydroxylation is 1. The number of hydrogen-bond acceptors (Lipinski definition) is 2. The van der Waals surface area contributed by atoms with Gasteiger partial charge in [-0.1, -0.05) is 36.2 Å². The quantitative estimate of drug-likeness (QED) is 0.859. The van der Waals surface area contributed by atoms with Crippen LogP contribution in [0.2, 0.25) is 0 Å². The first-order valence-corrected chi connectivity index (χ1v) is 7.26. The molecule has 1 atom stereocenters. The van der Waals surface area contributed by atoms with Gasteiger partial charge < -0.3 is 5.32 Å². The Kier molecular flexibility index (Phi) is 5.21. The highest BCUT2D eigenvalue weighted by Gasteiger charge is 2.15. The summed E-state index contributed by atoms with van der Waals surface area (Å²) in [6.45, 7) is 9.14. The zero-order chi connectivity index (χ0) is 12.8. The van der Waals surface area contributed by atoms with Crippen molar-refractivity contribution in [1.82, 2.24) is 10.2 Å². The molecule has 1 fully saturated rings. The summed E-state index contributed by atoms with van der Waals surface area (Å²) < 4.78 is 0. The van der Waals surface area contributed by atoms with E-state index in [2.05, 4.69) is 48.3 Å². The van der Waals surface area contributed by atoms with Gasteiger partial charge in [0, 0.05) is 19.1 Å². The normalized spacial score (nSPS) is 18.8. The fourth-order valence-electron chi connectivity index (χ4n) is 2.74. The van der Waals surface area contributed by atoms with Crippen molar-refractivity contribution in [3.8, 4) is 0 Å². The van der Waals surface area contributed by atoms with E-state index < -0.39 is 0 Å². The molecular weight excluding hydrogens is 220 g/mol. The fraction of sp³-hybridized carbons (Fsp3) is 0.625. The average Bonchev–Trinajstić information content (AvgIpc) is 2.40. The van der Waals surface area contributed by atoms with Gasteiger partial charge in [-0.3, -0.25) is 4.90 Å². The number of nitrogens with one attached hydrogen (secondary N) is 1. The standard InChI is InChI=1S/C16H26N2/c1-14-7-6-8-16(11-14)13-17-12-15(2)18-9-4-3-5-10-18/h6-8,11,15,17H,3-5,9-10,12-13H2,1-2H3. The Hall–Kier alpha value is -0.860. The van der Waals surface area contributed by atoms with Gasteiger partial charge in [-0.25, -0.2) is 0 Å². The molecule has 1 aromatic rings. The predicted molar refractivity (Wildman–Crippen MR) is 77.8 cm³/mol. The van der Waals surface area contributed by atoms with Gasteiger partial charge in [0.15, 0.2) is 0 Å². The van der Waals surface area contributed by atoms with E-state index in [9.17, 15) is 0 Å². The molecule has 0 amide bonds. The summed E-state index contributed by atoms with van der Waals surface area (Å²) in [7, 11) is 0. The van der Waals surface area contributed by atoms with Gasteiger partial charge >= 0.3 is 0 Å². The summed E-state index contributed by atoms with van der Waals surface area (Å²) in [5.74, 6) is 0. The maximum absolute atomic E-state index is 3.58. The van der Waals surface area contributed by atoms with E-state index in [1.54, 1.807) is 0 Å². The van der Waals surface area contributed by atoms with Crippen LogP contribution in [0.1, 0.15) is 37.3 Å². The number of likely N-dealkylation sites (tertiary alicyclic amines) is 1. The Bertz CT molecular complexity index is 356. The zero-order valence-corrected chi connectivity index (χ0v) is 11.8. The molecule has 1 aliphatic heterocycles. The molecule has 2 rings (SSSR count). The first kappa shape index (κ1) is 13.6. The van der Waals surface area contributed by atoms with Crippen molar-refractivity contribution in [1.29, 1.82) is 0 Å². The second-order valence-corrected chi connectivity index (χ2v) is 5.57. The third-order valence-corrected chi connectivity index (χ3v) is 3.87. The minimum absolute atomic E-state index is 0.662. The largest absolute Gasteiger partial charge is 0.311 e. The lowest BCUT2D eigenvalue weighted by molar-refractivity contribution is 0.170. The molecule has 0 aliphatic carbocycles. The molecule has 2 heteroatoms. The average molecular weight is 246 g/mol. The molecule has 0 spiro atoms. The zero-order valence-electron chi connectivity index (χ0n) is 11.8. The SMILES string of the molecule is Cc1cccc(CNCC(C)N2CCCCC2)c1. The lowest BCUT2D eigenvalue weighted by Crippen LogP contribution is -2.42. The molecule has 0 saturated carbocycles. The first-order valence-electron chi connectivity index (χ1n) is 7.26. The van der Waals surface area contributed by atoms with Crippen molar-refractivity contribution in [2.45, 2.75) is 45.7 Å². The van der Waals surface area contributed by atoms with Gasteiger partial charge in [0.25, 0.3) is 0 Å². The second kappa shape index (κ2) is 6.91. The van der Waals surface area contributed by atoms with Gasteiger partial charge in [-0.2, -0.15) is 0 Å². The van der Waals surface area contributed by atoms with Crippen molar-refractivity contribution in [2.24, 2.45) is 0 Å². The van der Waals surface area contributed by atoms with Crippen LogP contribution in [0.5, 0.6) is 0 Å². The van der Waals surface area contributed by atoms with Gasteiger partial charge in [-0.05, 0) is 45.3 Å². The van der Waals surface area contributed by atoms with Crippen molar-refractivity contribution >= 4 is 0 Å². The first-order chi connectivity index (χ1) is 8.75. The Balaban J connectivity index is 1.71. The molecule has 1 aromatic carbocycles. The Labute approximate surface area is 111 Å². The molecule has 2 nitrogen and oxygen atoms in total. The van der Waals surface area contributed by atoms with Gasteiger partial charge in [0.2, 0.25) is 0 Å². The molecule has 1 heterocycles. The van der Waals surface area contributed by atoms with E-state index in [1.165, 1.54) is 43.5 Å². The van der Waals surface area contributed by atoms with Crippen LogP contribution < -0.4 is 5.32 Å². The summed E-state index contributed by atoms with van der Waals surface area (Å²) >= 11 is 0. The molecule has 0 aromatic heterocycles. The molecule has 18 heavy (non-hydrogen) atoms. The highest BCUT2D eigenvalue weighted by molar-refractivity contribution is 5.21. The van der Waals surface area contributed by atoms with E-state index in [0.717, 1.165) is 13.1 Å². The van der Waals surface area contributed by atoms with Crippen molar-refractivity contribution < 1.29 is 0 Å². The fourth-order valence-corrected chi connectivity index (χ4v) is 2.74. The van der Waals surface area contributed by atoms with Crippen LogP contribution in [0.3, 0.4) is 0 Å². The summed E-state index contributed by atoms with van der Waals surface area (Å²) in [6.07, 6.45) is 4.17. The molecule has 1 N–H and O–H groups in total. The maximum atomic E-state index is 3.58. The summed E-state index contributed by atoms with van der Waals surface area (Å²) in [6, 6.07) is 9.42. The van der Waals surface area contributed by atoms with Crippen molar-refractivity contribution in [3.63, 3.8) is 0 Å². The summed E-state index contributed by atoms with van der Waals surface area (Å²) in [5.41, 5.74) is 2.74. The lowest BCUT2D eigenvalue weighted by Gasteiger charge is -2.32. The number of nitrogens with zero attached hydrogens (tertiary/aromatic N) is 1. The van der Waals surface area contributed by atoms with Crippen LogP contribution in [0.25, 0.3) is 0 Å². The van der Waals surface area contributed by atoms with Crippen LogP contribution in [-0.4, -0.2) is 30.6 Å². The van der Waals surface area contributed by atoms with Crippen LogP contribution in [-0.2, 0) is 6.54 Å². The summed E-state index contributed by atoms with van der Waals surface area (Å²) in [4.78, 5) is 2.62. The Morgan fingerprint density at radius 1 is 1.22 bits per heavy atom. The van der Waals surface area contributed by atoms with Gasteiger partial charge in [0.05, 0.1) is 0 Å². The third kappa shape index (κ3) is 4.11. The molecular formula is C16H26N2. The second-order valence-electron chi connectivity index (χ2n) is 5.57. The van der Waals surface area contributed by atoms with Gasteiger partial charge in [-0.15, -0.1) is 0 Å². The molecule has 100 valence electrons. The van der Waals surface area contributed by atoms with E-state index in [-0.39, 0.29) is 0 Å². The third-order valence-electron chi connectivity index (χ3n) is 3.87. The number of benzene rings is 1. The Morgan fingerprint density at radius 2 is 2.00 bits per heavy atom. The highest BCUT2D eigenvalue weighted by Crippen LogP contribution is 2.11. The van der Waals surface area contributed by atoms with E-state index >= 15 is 0 Å². The number of hydrogen-bond donors (Lipinski definition) is 1. The van der Waals surface area contributed by atoms with E-state index in [1.807, 2.05) is 0 Å². The number of rotatable bonds is 5. The summed E-state index contributed by atoms with van der Waals surface area (Å²) in [5, 5.41) is 3.58.